The van der Waals surface area contributed by atoms with Gasteiger partial charge in [-0.05, 0) is 73.8 Å². The zero-order valence-electron chi connectivity index (χ0n) is 33.6. The second-order valence-electron chi connectivity index (χ2n) is 15.9. The van der Waals surface area contributed by atoms with Crippen molar-refractivity contribution in [2.24, 2.45) is 0 Å². The van der Waals surface area contributed by atoms with E-state index in [0.29, 0.717) is 17.5 Å². The molecule has 9 aromatic carbocycles. The van der Waals surface area contributed by atoms with E-state index in [9.17, 15) is 0 Å². The molecule has 0 saturated heterocycles. The second kappa shape index (κ2) is 14.7. The maximum Gasteiger partial charge on any atom is 0.164 e. The molecule has 0 bridgehead atoms. The maximum absolute atomic E-state index is 5.36. The minimum absolute atomic E-state index is 0.618. The highest BCUT2D eigenvalue weighted by Crippen LogP contribution is 2.59. The number of aromatic nitrogens is 3. The van der Waals surface area contributed by atoms with Crippen LogP contribution in [0.5, 0.6) is 0 Å². The average molecular weight is 808 g/mol. The molecule has 0 fully saturated rings. The highest BCUT2D eigenvalue weighted by atomic mass is 32.1. The first-order chi connectivity index (χ1) is 30.7. The number of rotatable bonds is 7. The fourth-order valence-corrected chi connectivity index (χ4v) is 10.9. The summed E-state index contributed by atoms with van der Waals surface area (Å²) < 4.78 is 2.62. The van der Waals surface area contributed by atoms with Crippen molar-refractivity contribution in [3.8, 4) is 67.5 Å². The highest BCUT2D eigenvalue weighted by molar-refractivity contribution is 7.26. The molecule has 0 atom stereocenters. The van der Waals surface area contributed by atoms with Crippen LogP contribution in [0.25, 0.3) is 87.7 Å². The molecule has 1 aliphatic carbocycles. The molecule has 0 unspecified atom stereocenters. The lowest BCUT2D eigenvalue weighted by molar-refractivity contribution is 0.769. The number of hydrogen-bond donors (Lipinski definition) is 0. The normalized spacial score (nSPS) is 12.6. The minimum Gasteiger partial charge on any atom is -0.208 e. The molecule has 0 amide bonds. The Morgan fingerprint density at radius 1 is 0.323 bits per heavy atom. The van der Waals surface area contributed by atoms with Crippen molar-refractivity contribution >= 4 is 31.5 Å². The Morgan fingerprint density at radius 2 is 0.839 bits per heavy atom. The van der Waals surface area contributed by atoms with Crippen LogP contribution in [0.2, 0.25) is 0 Å². The Hall–Kier alpha value is -7.79. The Labute approximate surface area is 364 Å². The second-order valence-corrected chi connectivity index (χ2v) is 16.9. The molecular formula is C58H37N3S. The van der Waals surface area contributed by atoms with Gasteiger partial charge in [-0.15, -0.1) is 11.3 Å². The number of benzene rings is 9. The summed E-state index contributed by atoms with van der Waals surface area (Å²) in [6.07, 6.45) is 0. The molecule has 0 radical (unpaired) electrons. The van der Waals surface area contributed by atoms with Gasteiger partial charge in [-0.3, -0.25) is 0 Å². The molecule has 0 spiro atoms. The van der Waals surface area contributed by atoms with E-state index in [2.05, 4.69) is 188 Å². The Kier molecular flexibility index (Phi) is 8.58. The van der Waals surface area contributed by atoms with Crippen molar-refractivity contribution in [3.63, 3.8) is 0 Å². The standard InChI is InChI=1S/C58H37N3S/c1-5-18-40(19-6-1)55-59-56(41-20-7-2-8-21-41)61-57(60-55)49-36-42(38-32-34-39(35-33-38)45-28-17-29-47-46-26-14-16-31-52(46)62-54(45)47)37-51-53(49)48-27-13-15-30-50(48)58(51,43-22-9-3-10-23-43)44-24-11-4-12-25-44/h1-37H. The van der Waals surface area contributed by atoms with E-state index in [1.54, 1.807) is 0 Å². The van der Waals surface area contributed by atoms with Gasteiger partial charge >= 0.3 is 0 Å². The lowest BCUT2D eigenvalue weighted by atomic mass is 9.67. The zero-order chi connectivity index (χ0) is 41.0. The van der Waals surface area contributed by atoms with Gasteiger partial charge in [0.15, 0.2) is 17.5 Å². The van der Waals surface area contributed by atoms with Gasteiger partial charge in [0.1, 0.15) is 0 Å². The summed E-state index contributed by atoms with van der Waals surface area (Å²) in [5.74, 6) is 1.91. The number of thiophene rings is 1. The quantitative estimate of drug-likeness (QED) is 0.161. The van der Waals surface area contributed by atoms with Gasteiger partial charge < -0.3 is 0 Å². The van der Waals surface area contributed by atoms with Crippen molar-refractivity contribution in [2.75, 3.05) is 0 Å². The average Bonchev–Trinajstić information content (AvgIpc) is 3.89. The molecule has 62 heavy (non-hydrogen) atoms. The van der Waals surface area contributed by atoms with Gasteiger partial charge in [0, 0.05) is 36.9 Å². The molecule has 3 nitrogen and oxygen atoms in total. The van der Waals surface area contributed by atoms with E-state index >= 15 is 0 Å². The molecule has 2 aromatic heterocycles. The maximum atomic E-state index is 5.36. The predicted octanol–water partition coefficient (Wildman–Crippen LogP) is 14.9. The summed E-state index contributed by atoms with van der Waals surface area (Å²) in [7, 11) is 0. The van der Waals surface area contributed by atoms with Crippen LogP contribution in [0.1, 0.15) is 22.3 Å². The Bertz CT molecular complexity index is 3340. The molecule has 2 heterocycles. The fraction of sp³-hybridized carbons (Fsp3) is 0.0172. The van der Waals surface area contributed by atoms with E-state index < -0.39 is 5.41 Å². The van der Waals surface area contributed by atoms with Gasteiger partial charge in [-0.1, -0.05) is 206 Å². The summed E-state index contributed by atoms with van der Waals surface area (Å²) in [5.41, 5.74) is 14.0. The topological polar surface area (TPSA) is 38.7 Å². The van der Waals surface area contributed by atoms with Crippen molar-refractivity contribution in [1.82, 2.24) is 15.0 Å². The third-order valence-electron chi connectivity index (χ3n) is 12.4. The summed E-state index contributed by atoms with van der Waals surface area (Å²) in [6, 6.07) is 80.6. The van der Waals surface area contributed by atoms with Gasteiger partial charge in [0.05, 0.1) is 5.41 Å². The first-order valence-corrected chi connectivity index (χ1v) is 21.8. The SMILES string of the molecule is c1ccc(-c2nc(-c3ccccc3)nc(-c3cc(-c4ccc(-c5cccc6c5sc5ccccc56)cc4)cc4c3-c3ccccc3C4(c3ccccc3)c3ccccc3)n2)cc1. The molecule has 0 aliphatic heterocycles. The molecule has 1 aliphatic rings. The molecule has 0 saturated carbocycles. The molecule has 11 aromatic rings. The fourth-order valence-electron chi connectivity index (χ4n) is 9.65. The number of fused-ring (bicyclic) bond motifs is 6. The highest BCUT2D eigenvalue weighted by Gasteiger charge is 2.47. The lowest BCUT2D eigenvalue weighted by Gasteiger charge is -2.34. The molecule has 290 valence electrons. The van der Waals surface area contributed by atoms with E-state index in [4.69, 9.17) is 15.0 Å². The third-order valence-corrected chi connectivity index (χ3v) is 13.7. The van der Waals surface area contributed by atoms with Gasteiger partial charge in [0.25, 0.3) is 0 Å². The van der Waals surface area contributed by atoms with E-state index in [-0.39, 0.29) is 0 Å². The van der Waals surface area contributed by atoms with Crippen LogP contribution in [0.3, 0.4) is 0 Å². The van der Waals surface area contributed by atoms with Crippen LogP contribution in [-0.2, 0) is 5.41 Å². The van der Waals surface area contributed by atoms with Gasteiger partial charge in [0.2, 0.25) is 0 Å². The Balaban J connectivity index is 1.14. The summed E-state index contributed by atoms with van der Waals surface area (Å²) in [5, 5.41) is 2.61. The van der Waals surface area contributed by atoms with Gasteiger partial charge in [-0.25, -0.2) is 15.0 Å². The van der Waals surface area contributed by atoms with Crippen LogP contribution in [0.4, 0.5) is 0 Å². The van der Waals surface area contributed by atoms with Crippen LogP contribution in [0.15, 0.2) is 224 Å². The molecule has 0 N–H and O–H groups in total. The van der Waals surface area contributed by atoms with E-state index in [0.717, 1.165) is 33.4 Å². The smallest absolute Gasteiger partial charge is 0.164 e. The van der Waals surface area contributed by atoms with Crippen LogP contribution >= 0.6 is 11.3 Å². The number of hydrogen-bond acceptors (Lipinski definition) is 4. The monoisotopic (exact) mass is 807 g/mol. The minimum atomic E-state index is -0.618. The van der Waals surface area contributed by atoms with Crippen molar-refractivity contribution < 1.29 is 0 Å². The van der Waals surface area contributed by atoms with Crippen molar-refractivity contribution in [3.05, 3.63) is 247 Å². The van der Waals surface area contributed by atoms with Crippen LogP contribution in [-0.4, -0.2) is 15.0 Å². The van der Waals surface area contributed by atoms with E-state index in [1.165, 1.54) is 59.1 Å². The van der Waals surface area contributed by atoms with Crippen molar-refractivity contribution in [1.29, 1.82) is 0 Å². The van der Waals surface area contributed by atoms with E-state index in [1.807, 2.05) is 47.7 Å². The molecule has 12 rings (SSSR count). The van der Waals surface area contributed by atoms with Crippen molar-refractivity contribution in [2.45, 2.75) is 5.41 Å². The molecular weight excluding hydrogens is 771 g/mol. The van der Waals surface area contributed by atoms with Crippen LogP contribution < -0.4 is 0 Å². The lowest BCUT2D eigenvalue weighted by Crippen LogP contribution is -2.28. The largest absolute Gasteiger partial charge is 0.208 e. The van der Waals surface area contributed by atoms with Gasteiger partial charge in [-0.2, -0.15) is 0 Å². The summed E-state index contributed by atoms with van der Waals surface area (Å²) in [6.45, 7) is 0. The summed E-state index contributed by atoms with van der Waals surface area (Å²) >= 11 is 1.87. The number of nitrogens with zero attached hydrogens (tertiary/aromatic N) is 3. The zero-order valence-corrected chi connectivity index (χ0v) is 34.4. The van der Waals surface area contributed by atoms with Crippen LogP contribution in [0, 0.1) is 0 Å². The predicted molar refractivity (Wildman–Crippen MR) is 257 cm³/mol. The first kappa shape index (κ1) is 36.1. The first-order valence-electron chi connectivity index (χ1n) is 21.0. The Morgan fingerprint density at radius 3 is 1.50 bits per heavy atom. The third kappa shape index (κ3) is 5.76. The summed E-state index contributed by atoms with van der Waals surface area (Å²) in [4.78, 5) is 15.8. The molecule has 4 heteroatoms.